The third-order valence-corrected chi connectivity index (χ3v) is 4.74. The molecular weight excluding hydrogens is 278 g/mol. The first-order valence-corrected chi connectivity index (χ1v) is 8.18. The van der Waals surface area contributed by atoms with Crippen LogP contribution in [-0.2, 0) is 19.0 Å². The van der Waals surface area contributed by atoms with Gasteiger partial charge in [0, 0.05) is 19.1 Å². The fraction of sp³-hybridized carbons (Fsp3) is 0.571. The van der Waals surface area contributed by atoms with Gasteiger partial charge in [-0.2, -0.15) is 8.42 Å². The molecule has 1 aromatic rings. The second-order valence-electron chi connectivity index (χ2n) is 5.05. The third-order valence-electron chi connectivity index (χ3n) is 3.44. The zero-order valence-corrected chi connectivity index (χ0v) is 12.7. The number of benzene rings is 1. The maximum absolute atomic E-state index is 12.1. The molecule has 0 spiro atoms. The first-order valence-electron chi connectivity index (χ1n) is 6.77. The van der Waals surface area contributed by atoms with E-state index in [9.17, 15) is 8.42 Å². The van der Waals surface area contributed by atoms with E-state index in [-0.39, 0.29) is 17.5 Å². The van der Waals surface area contributed by atoms with E-state index in [1.807, 2.05) is 13.8 Å². The highest BCUT2D eigenvalue weighted by molar-refractivity contribution is 7.86. The van der Waals surface area contributed by atoms with Crippen LogP contribution in [0, 0.1) is 6.92 Å². The van der Waals surface area contributed by atoms with Crippen LogP contribution < -0.4 is 0 Å². The lowest BCUT2D eigenvalue weighted by Gasteiger charge is -2.31. The number of hydrogen-bond donors (Lipinski definition) is 0. The van der Waals surface area contributed by atoms with Crippen LogP contribution in [0.3, 0.4) is 0 Å². The lowest BCUT2D eigenvalue weighted by molar-refractivity contribution is 0.0111. The molecule has 1 fully saturated rings. The first-order chi connectivity index (χ1) is 9.49. The Kier molecular flexibility index (Phi) is 5.15. The monoisotopic (exact) mass is 299 g/mol. The zero-order chi connectivity index (χ0) is 14.6. The Balaban J connectivity index is 1.93. The minimum Gasteiger partial charge on any atom is -0.379 e. The second kappa shape index (κ2) is 6.67. The van der Waals surface area contributed by atoms with Crippen LogP contribution in [-0.4, -0.2) is 52.3 Å². The van der Waals surface area contributed by atoms with E-state index >= 15 is 0 Å². The summed E-state index contributed by atoms with van der Waals surface area (Å²) in [4.78, 5) is 2.38. The molecule has 1 heterocycles. The molecule has 0 radical (unpaired) electrons. The highest BCUT2D eigenvalue weighted by atomic mass is 32.2. The fourth-order valence-electron chi connectivity index (χ4n) is 2.08. The van der Waals surface area contributed by atoms with Gasteiger partial charge in [-0.25, -0.2) is 0 Å². The van der Waals surface area contributed by atoms with Gasteiger partial charge in [0.1, 0.15) is 0 Å². The molecule has 20 heavy (non-hydrogen) atoms. The number of hydrogen-bond acceptors (Lipinski definition) is 5. The Morgan fingerprint density at radius 3 is 2.45 bits per heavy atom. The Hall–Kier alpha value is -0.950. The van der Waals surface area contributed by atoms with Crippen molar-refractivity contribution in [2.24, 2.45) is 0 Å². The fourth-order valence-corrected chi connectivity index (χ4v) is 3.07. The van der Waals surface area contributed by atoms with Crippen molar-refractivity contribution >= 4 is 10.1 Å². The van der Waals surface area contributed by atoms with Crippen LogP contribution in [0.5, 0.6) is 0 Å². The van der Waals surface area contributed by atoms with Crippen molar-refractivity contribution in [1.82, 2.24) is 4.90 Å². The average molecular weight is 299 g/mol. The molecule has 112 valence electrons. The minimum atomic E-state index is -3.67. The molecular formula is C14H21NO4S. The summed E-state index contributed by atoms with van der Waals surface area (Å²) in [5.41, 5.74) is 1.02. The van der Waals surface area contributed by atoms with Crippen LogP contribution in [0.25, 0.3) is 0 Å². The number of morpholine rings is 1. The lowest BCUT2D eigenvalue weighted by atomic mass is 10.2. The molecule has 0 bridgehead atoms. The van der Waals surface area contributed by atoms with Gasteiger partial charge in [-0.3, -0.25) is 9.08 Å². The van der Waals surface area contributed by atoms with Gasteiger partial charge < -0.3 is 4.74 Å². The van der Waals surface area contributed by atoms with Crippen molar-refractivity contribution in [1.29, 1.82) is 0 Å². The van der Waals surface area contributed by atoms with E-state index < -0.39 is 10.1 Å². The molecule has 1 aliphatic heterocycles. The van der Waals surface area contributed by atoms with E-state index in [0.29, 0.717) is 13.2 Å². The highest BCUT2D eigenvalue weighted by Crippen LogP contribution is 2.14. The summed E-state index contributed by atoms with van der Waals surface area (Å²) in [5, 5.41) is 0. The van der Waals surface area contributed by atoms with Gasteiger partial charge in [-0.15, -0.1) is 0 Å². The molecule has 2 rings (SSSR count). The predicted molar refractivity (Wildman–Crippen MR) is 76.2 cm³/mol. The van der Waals surface area contributed by atoms with Gasteiger partial charge in [0.15, 0.2) is 0 Å². The maximum Gasteiger partial charge on any atom is 0.297 e. The first kappa shape index (κ1) is 15.4. The normalized spacial score (nSPS) is 18.9. The quantitative estimate of drug-likeness (QED) is 0.770. The van der Waals surface area contributed by atoms with Gasteiger partial charge in [0.25, 0.3) is 10.1 Å². The van der Waals surface area contributed by atoms with Crippen LogP contribution >= 0.6 is 0 Å². The van der Waals surface area contributed by atoms with Gasteiger partial charge in [0.05, 0.1) is 24.7 Å². The summed E-state index contributed by atoms with van der Waals surface area (Å²) in [6.45, 7) is 7.05. The second-order valence-corrected chi connectivity index (χ2v) is 6.66. The van der Waals surface area contributed by atoms with Gasteiger partial charge in [-0.05, 0) is 26.0 Å². The largest absolute Gasteiger partial charge is 0.379 e. The van der Waals surface area contributed by atoms with Crippen LogP contribution in [0.2, 0.25) is 0 Å². The molecule has 0 amide bonds. The molecule has 0 saturated carbocycles. The zero-order valence-electron chi connectivity index (χ0n) is 11.9. The topological polar surface area (TPSA) is 55.8 Å². The Morgan fingerprint density at radius 1 is 1.25 bits per heavy atom. The summed E-state index contributed by atoms with van der Waals surface area (Å²) in [7, 11) is -3.67. The van der Waals surface area contributed by atoms with Crippen molar-refractivity contribution in [3.05, 3.63) is 29.8 Å². The number of nitrogens with zero attached hydrogens (tertiary/aromatic N) is 1. The van der Waals surface area contributed by atoms with E-state index in [1.54, 1.807) is 24.3 Å². The molecule has 5 nitrogen and oxygen atoms in total. The average Bonchev–Trinajstić information content (AvgIpc) is 2.46. The predicted octanol–water partition coefficient (Wildman–Crippen LogP) is 1.42. The molecule has 1 atom stereocenters. The van der Waals surface area contributed by atoms with Crippen LogP contribution in [0.15, 0.2) is 29.2 Å². The molecule has 1 aliphatic rings. The summed E-state index contributed by atoms with van der Waals surface area (Å²) in [6, 6.07) is 6.73. The summed E-state index contributed by atoms with van der Waals surface area (Å²) < 4.78 is 34.6. The minimum absolute atomic E-state index is 0.0547. The molecule has 1 aromatic carbocycles. The SMILES string of the molecule is Cc1ccc(S(=O)(=O)OCC(C)N2CCOCC2)cc1. The van der Waals surface area contributed by atoms with E-state index in [2.05, 4.69) is 4.90 Å². The molecule has 6 heteroatoms. The molecule has 1 unspecified atom stereocenters. The summed E-state index contributed by atoms with van der Waals surface area (Å²) in [6.07, 6.45) is 0. The summed E-state index contributed by atoms with van der Waals surface area (Å²) in [5.74, 6) is 0. The smallest absolute Gasteiger partial charge is 0.297 e. The van der Waals surface area contributed by atoms with Crippen LogP contribution in [0.4, 0.5) is 0 Å². The third kappa shape index (κ3) is 4.02. The van der Waals surface area contributed by atoms with Crippen molar-refractivity contribution in [2.75, 3.05) is 32.9 Å². The molecule has 0 aromatic heterocycles. The Bertz CT molecular complexity index is 521. The van der Waals surface area contributed by atoms with Crippen LogP contribution in [0.1, 0.15) is 12.5 Å². The lowest BCUT2D eigenvalue weighted by Crippen LogP contribution is -2.44. The summed E-state index contributed by atoms with van der Waals surface area (Å²) >= 11 is 0. The van der Waals surface area contributed by atoms with Gasteiger partial charge >= 0.3 is 0 Å². The highest BCUT2D eigenvalue weighted by Gasteiger charge is 2.21. The van der Waals surface area contributed by atoms with E-state index in [0.717, 1.165) is 18.7 Å². The number of ether oxygens (including phenoxy) is 1. The molecule has 1 saturated heterocycles. The number of rotatable bonds is 5. The van der Waals surface area contributed by atoms with Crippen molar-refractivity contribution in [3.63, 3.8) is 0 Å². The number of aryl methyl sites for hydroxylation is 1. The van der Waals surface area contributed by atoms with Crippen molar-refractivity contribution < 1.29 is 17.3 Å². The van der Waals surface area contributed by atoms with Gasteiger partial charge in [-0.1, -0.05) is 17.7 Å². The Morgan fingerprint density at radius 2 is 1.85 bits per heavy atom. The van der Waals surface area contributed by atoms with E-state index in [4.69, 9.17) is 8.92 Å². The van der Waals surface area contributed by atoms with Gasteiger partial charge in [0.2, 0.25) is 0 Å². The molecule has 0 N–H and O–H groups in total. The standard InChI is InChI=1S/C14H21NO4S/c1-12-3-5-14(6-4-12)20(16,17)19-11-13(2)15-7-9-18-10-8-15/h3-6,13H,7-11H2,1-2H3. The maximum atomic E-state index is 12.1. The van der Waals surface area contributed by atoms with E-state index in [1.165, 1.54) is 0 Å². The molecule has 0 aliphatic carbocycles. The Labute approximate surface area is 120 Å². The van der Waals surface area contributed by atoms with Crippen molar-refractivity contribution in [2.45, 2.75) is 24.8 Å². The van der Waals surface area contributed by atoms with Crippen molar-refractivity contribution in [3.8, 4) is 0 Å².